The number of halogens is 1. The number of aromatic nitrogens is 2. The number of benzene rings is 2. The van der Waals surface area contributed by atoms with Gasteiger partial charge in [-0.3, -0.25) is 9.89 Å². The highest BCUT2D eigenvalue weighted by atomic mass is 35.5. The van der Waals surface area contributed by atoms with Gasteiger partial charge in [-0.25, -0.2) is 0 Å². The minimum Gasteiger partial charge on any atom is -0.508 e. The summed E-state index contributed by atoms with van der Waals surface area (Å²) in [5, 5.41) is 30.2. The van der Waals surface area contributed by atoms with E-state index in [1.165, 1.54) is 0 Å². The van der Waals surface area contributed by atoms with E-state index >= 15 is 0 Å². The average molecular weight is 452 g/mol. The van der Waals surface area contributed by atoms with Gasteiger partial charge in [0.05, 0.1) is 18.3 Å². The summed E-state index contributed by atoms with van der Waals surface area (Å²) in [6.45, 7) is -0.192. The molecule has 4 rings (SSSR count). The van der Waals surface area contributed by atoms with Crippen LogP contribution in [-0.4, -0.2) is 39.0 Å². The number of hydrogen-bond donors (Lipinski definition) is 4. The third kappa shape index (κ3) is 5.21. The highest BCUT2D eigenvalue weighted by Gasteiger charge is 2.24. The van der Waals surface area contributed by atoms with E-state index in [0.717, 1.165) is 53.6 Å². The number of aromatic amines is 1. The second-order valence-electron chi connectivity index (χ2n) is 8.08. The molecule has 0 aliphatic heterocycles. The van der Waals surface area contributed by atoms with E-state index in [9.17, 15) is 15.0 Å². The maximum Gasteiger partial charge on any atom is 0.269 e. The van der Waals surface area contributed by atoms with Gasteiger partial charge in [0.1, 0.15) is 11.4 Å². The van der Waals surface area contributed by atoms with Crippen LogP contribution < -0.4 is 5.32 Å². The third-order valence-electron chi connectivity index (χ3n) is 5.68. The molecule has 0 radical (unpaired) electrons. The van der Waals surface area contributed by atoms with Crippen molar-refractivity contribution in [2.45, 2.75) is 38.1 Å². The molecule has 4 N–H and O–H groups in total. The molecular formula is C25H26ClN3O3. The van der Waals surface area contributed by atoms with Crippen LogP contribution in [0.1, 0.15) is 52.1 Å². The van der Waals surface area contributed by atoms with Crippen molar-refractivity contribution in [2.24, 2.45) is 0 Å². The van der Waals surface area contributed by atoms with Gasteiger partial charge < -0.3 is 15.5 Å². The molecule has 0 saturated carbocycles. The van der Waals surface area contributed by atoms with Crippen LogP contribution in [0, 0.1) is 0 Å². The van der Waals surface area contributed by atoms with Crippen molar-refractivity contribution >= 4 is 29.2 Å². The Bertz CT molecular complexity index is 1120. The van der Waals surface area contributed by atoms with E-state index in [0.29, 0.717) is 17.1 Å². The molecule has 0 fully saturated rings. The van der Waals surface area contributed by atoms with E-state index in [1.54, 1.807) is 24.3 Å². The second kappa shape index (κ2) is 10.0. The maximum atomic E-state index is 13.0. The molecule has 1 aliphatic rings. The van der Waals surface area contributed by atoms with Crippen LogP contribution in [0.15, 0.2) is 48.5 Å². The number of fused-ring (bicyclic) bond motifs is 1. The number of aromatic hydroxyl groups is 1. The molecule has 1 aromatic heterocycles. The van der Waals surface area contributed by atoms with E-state index in [2.05, 4.69) is 21.6 Å². The van der Waals surface area contributed by atoms with Crippen molar-refractivity contribution in [2.75, 3.05) is 6.61 Å². The smallest absolute Gasteiger partial charge is 0.269 e. The standard InChI is InChI=1S/C25H26ClN3O3/c26-19-6-3-4-17(13-19)12-18-5-1-2-7-22-23(18)28-29-24(22)25(32)27-20(15-30)14-16-8-10-21(31)11-9-16/h3-4,6,8-13,20,30-31H,1-2,5,7,14-15H2,(H,27,32)(H,28,29). The van der Waals surface area contributed by atoms with Crippen molar-refractivity contribution in [1.29, 1.82) is 0 Å². The quantitative estimate of drug-likeness (QED) is 0.418. The lowest BCUT2D eigenvalue weighted by molar-refractivity contribution is 0.0910. The van der Waals surface area contributed by atoms with Gasteiger partial charge in [-0.05, 0) is 79.1 Å². The van der Waals surface area contributed by atoms with Gasteiger partial charge in [-0.15, -0.1) is 0 Å². The number of allylic oxidation sites excluding steroid dienone is 1. The van der Waals surface area contributed by atoms with E-state index in [-0.39, 0.29) is 18.3 Å². The normalized spacial score (nSPS) is 15.8. The molecule has 0 saturated heterocycles. The van der Waals surface area contributed by atoms with Crippen molar-refractivity contribution in [3.8, 4) is 5.75 Å². The average Bonchev–Trinajstić information content (AvgIpc) is 3.11. The fraction of sp³-hybridized carbons (Fsp3) is 0.280. The Morgan fingerprint density at radius 2 is 1.97 bits per heavy atom. The number of nitrogens with zero attached hydrogens (tertiary/aromatic N) is 1. The summed E-state index contributed by atoms with van der Waals surface area (Å²) < 4.78 is 0. The number of hydrogen-bond acceptors (Lipinski definition) is 4. The zero-order valence-electron chi connectivity index (χ0n) is 17.6. The zero-order chi connectivity index (χ0) is 22.5. The number of H-pyrrole nitrogens is 1. The number of nitrogens with one attached hydrogen (secondary N) is 2. The minimum atomic E-state index is -0.446. The number of carbonyl (C=O) groups excluding carboxylic acids is 1. The van der Waals surface area contributed by atoms with Crippen LogP contribution in [-0.2, 0) is 12.8 Å². The molecule has 32 heavy (non-hydrogen) atoms. The van der Waals surface area contributed by atoms with Crippen LogP contribution >= 0.6 is 11.6 Å². The molecule has 7 heteroatoms. The lowest BCUT2D eigenvalue weighted by Crippen LogP contribution is -2.39. The summed E-state index contributed by atoms with van der Waals surface area (Å²) in [6, 6.07) is 14.0. The number of phenols is 1. The first-order valence-corrected chi connectivity index (χ1v) is 11.1. The Morgan fingerprint density at radius 1 is 1.19 bits per heavy atom. The molecular weight excluding hydrogens is 426 g/mol. The van der Waals surface area contributed by atoms with Gasteiger partial charge in [-0.1, -0.05) is 35.9 Å². The Balaban J connectivity index is 1.55. The van der Waals surface area contributed by atoms with Gasteiger partial charge in [0, 0.05) is 10.6 Å². The van der Waals surface area contributed by atoms with E-state index in [1.807, 2.05) is 24.3 Å². The monoisotopic (exact) mass is 451 g/mol. The maximum absolute atomic E-state index is 13.0. The number of carbonyl (C=O) groups is 1. The SMILES string of the molecule is O=C(NC(CO)Cc1ccc(O)cc1)c1[nH]nc2c1CCCCC2=Cc1cccc(Cl)c1. The molecule has 1 aliphatic carbocycles. The van der Waals surface area contributed by atoms with Crippen LogP contribution in [0.5, 0.6) is 5.75 Å². The van der Waals surface area contributed by atoms with Crippen LogP contribution in [0.25, 0.3) is 11.6 Å². The summed E-state index contributed by atoms with van der Waals surface area (Å²) in [4.78, 5) is 13.0. The Hall–Kier alpha value is -3.09. The molecule has 2 aromatic carbocycles. The molecule has 0 spiro atoms. The van der Waals surface area contributed by atoms with Crippen molar-refractivity contribution in [1.82, 2.24) is 15.5 Å². The Kier molecular flexibility index (Phi) is 6.93. The first-order valence-electron chi connectivity index (χ1n) is 10.8. The topological polar surface area (TPSA) is 98.2 Å². The predicted molar refractivity (Wildman–Crippen MR) is 126 cm³/mol. The summed E-state index contributed by atoms with van der Waals surface area (Å²) >= 11 is 6.13. The van der Waals surface area contributed by atoms with Gasteiger partial charge in [0.2, 0.25) is 0 Å². The molecule has 1 atom stereocenters. The van der Waals surface area contributed by atoms with Gasteiger partial charge >= 0.3 is 0 Å². The summed E-state index contributed by atoms with van der Waals surface area (Å²) in [7, 11) is 0. The first-order chi connectivity index (χ1) is 15.5. The minimum absolute atomic E-state index is 0.181. The van der Waals surface area contributed by atoms with Gasteiger partial charge in [0.25, 0.3) is 5.91 Å². The highest BCUT2D eigenvalue weighted by molar-refractivity contribution is 6.30. The zero-order valence-corrected chi connectivity index (χ0v) is 18.4. The van der Waals surface area contributed by atoms with Crippen molar-refractivity contribution in [3.63, 3.8) is 0 Å². The van der Waals surface area contributed by atoms with Crippen molar-refractivity contribution in [3.05, 3.63) is 81.6 Å². The molecule has 1 amide bonds. The summed E-state index contributed by atoms with van der Waals surface area (Å²) in [5.41, 5.74) is 5.18. The van der Waals surface area contributed by atoms with Crippen molar-refractivity contribution < 1.29 is 15.0 Å². The second-order valence-corrected chi connectivity index (χ2v) is 8.52. The molecule has 3 aromatic rings. The number of amides is 1. The molecule has 0 bridgehead atoms. The summed E-state index contributed by atoms with van der Waals surface area (Å²) in [5.74, 6) is -0.0966. The predicted octanol–water partition coefficient (Wildman–Crippen LogP) is 4.37. The van der Waals surface area contributed by atoms with Gasteiger partial charge in [-0.2, -0.15) is 5.10 Å². The fourth-order valence-electron chi connectivity index (χ4n) is 4.07. The largest absolute Gasteiger partial charge is 0.508 e. The highest BCUT2D eigenvalue weighted by Crippen LogP contribution is 2.32. The lowest BCUT2D eigenvalue weighted by Gasteiger charge is -2.16. The third-order valence-corrected chi connectivity index (χ3v) is 5.92. The fourth-order valence-corrected chi connectivity index (χ4v) is 4.27. The molecule has 6 nitrogen and oxygen atoms in total. The van der Waals surface area contributed by atoms with Crippen LogP contribution in [0.2, 0.25) is 5.02 Å². The van der Waals surface area contributed by atoms with E-state index in [4.69, 9.17) is 11.6 Å². The van der Waals surface area contributed by atoms with Gasteiger partial charge in [0.15, 0.2) is 0 Å². The molecule has 166 valence electrons. The molecule has 1 heterocycles. The number of aliphatic hydroxyl groups excluding tert-OH is 1. The number of phenolic OH excluding ortho intramolecular Hbond substituents is 1. The summed E-state index contributed by atoms with van der Waals surface area (Å²) in [6.07, 6.45) is 6.17. The van der Waals surface area contributed by atoms with Crippen LogP contribution in [0.4, 0.5) is 0 Å². The first kappa shape index (κ1) is 22.1. The number of aliphatic hydroxyl groups is 1. The Morgan fingerprint density at radius 3 is 2.72 bits per heavy atom. The lowest BCUT2D eigenvalue weighted by atomic mass is 10.0. The Labute approximate surface area is 191 Å². The van der Waals surface area contributed by atoms with E-state index < -0.39 is 6.04 Å². The molecule has 1 unspecified atom stereocenters. The number of rotatable bonds is 6. The van der Waals surface area contributed by atoms with Crippen LogP contribution in [0.3, 0.4) is 0 Å².